The van der Waals surface area contributed by atoms with Crippen LogP contribution in [0.3, 0.4) is 0 Å². The lowest BCUT2D eigenvalue weighted by Gasteiger charge is -2.24. The first kappa shape index (κ1) is 19.2. The molecule has 1 amide bonds. The zero-order chi connectivity index (χ0) is 20.6. The van der Waals surface area contributed by atoms with Gasteiger partial charge in [0, 0.05) is 11.3 Å². The van der Waals surface area contributed by atoms with Gasteiger partial charge in [-0.2, -0.15) is 10.2 Å². The van der Waals surface area contributed by atoms with Crippen LogP contribution in [-0.2, 0) is 23.1 Å². The van der Waals surface area contributed by atoms with Crippen LogP contribution in [0.2, 0.25) is 0 Å². The maximum absolute atomic E-state index is 12.4. The number of aromatic nitrogens is 5. The highest BCUT2D eigenvalue weighted by Gasteiger charge is 2.26. The Kier molecular flexibility index (Phi) is 4.86. The maximum Gasteiger partial charge on any atom is 0.340 e. The summed E-state index contributed by atoms with van der Waals surface area (Å²) in [6, 6.07) is 8.42. The number of amides is 1. The summed E-state index contributed by atoms with van der Waals surface area (Å²) in [7, 11) is 0. The van der Waals surface area contributed by atoms with Gasteiger partial charge in [0.05, 0.1) is 24.3 Å². The summed E-state index contributed by atoms with van der Waals surface area (Å²) in [5, 5.41) is 13.7. The number of benzene rings is 1. The molecule has 1 atom stereocenters. The van der Waals surface area contributed by atoms with E-state index in [0.717, 1.165) is 36.2 Å². The largest absolute Gasteiger partial charge is 0.349 e. The van der Waals surface area contributed by atoms with Gasteiger partial charge in [-0.1, -0.05) is 32.9 Å². The lowest BCUT2D eigenvalue weighted by atomic mass is 9.87. The van der Waals surface area contributed by atoms with E-state index in [-0.39, 0.29) is 23.8 Å². The molecule has 0 fully saturated rings. The van der Waals surface area contributed by atoms with Crippen molar-refractivity contribution in [2.45, 2.75) is 57.9 Å². The van der Waals surface area contributed by atoms with Gasteiger partial charge in [-0.25, -0.2) is 14.6 Å². The van der Waals surface area contributed by atoms with Gasteiger partial charge in [0.1, 0.15) is 5.82 Å². The van der Waals surface area contributed by atoms with Crippen molar-refractivity contribution in [1.29, 1.82) is 0 Å². The van der Waals surface area contributed by atoms with Crippen LogP contribution in [0.5, 0.6) is 0 Å². The molecule has 2 heterocycles. The molecule has 2 aromatic heterocycles. The molecular formula is C21H26N6O2. The van der Waals surface area contributed by atoms with E-state index in [2.05, 4.69) is 70.6 Å². The highest BCUT2D eigenvalue weighted by Crippen LogP contribution is 2.31. The molecule has 0 saturated carbocycles. The molecule has 0 spiro atoms. The minimum absolute atomic E-state index is 0.0347. The molecule has 1 aromatic carbocycles. The number of nitrogens with zero attached hydrogens (tertiary/aromatic N) is 3. The van der Waals surface area contributed by atoms with Gasteiger partial charge in [0.25, 0.3) is 0 Å². The lowest BCUT2D eigenvalue weighted by molar-refractivity contribution is -0.121. The third kappa shape index (κ3) is 4.01. The van der Waals surface area contributed by atoms with Crippen LogP contribution in [-0.4, -0.2) is 30.9 Å². The van der Waals surface area contributed by atoms with Crippen LogP contribution < -0.4 is 11.0 Å². The predicted octanol–water partition coefficient (Wildman–Crippen LogP) is 2.32. The van der Waals surface area contributed by atoms with Crippen molar-refractivity contribution in [3.05, 3.63) is 63.6 Å². The fourth-order valence-electron chi connectivity index (χ4n) is 3.82. The SMILES string of the molecule is CC(C)(C)c1ccc(-n2ncc3c2CCCC3NC(=O)Cc2n[nH]c(=O)[nH]2)cc1. The number of aromatic amines is 2. The minimum Gasteiger partial charge on any atom is -0.349 e. The minimum atomic E-state index is -0.411. The van der Waals surface area contributed by atoms with Gasteiger partial charge >= 0.3 is 5.69 Å². The Morgan fingerprint density at radius 2 is 2.03 bits per heavy atom. The van der Waals surface area contributed by atoms with Gasteiger partial charge < -0.3 is 5.32 Å². The quantitative estimate of drug-likeness (QED) is 0.631. The number of fused-ring (bicyclic) bond motifs is 1. The van der Waals surface area contributed by atoms with Gasteiger partial charge in [-0.15, -0.1) is 0 Å². The number of hydrogen-bond acceptors (Lipinski definition) is 4. The summed E-state index contributed by atoms with van der Waals surface area (Å²) in [6.45, 7) is 6.59. The molecule has 4 rings (SSSR count). The summed E-state index contributed by atoms with van der Waals surface area (Å²) in [5.74, 6) is 0.158. The molecule has 1 unspecified atom stereocenters. The summed E-state index contributed by atoms with van der Waals surface area (Å²) in [4.78, 5) is 26.0. The van der Waals surface area contributed by atoms with Crippen LogP contribution in [0.15, 0.2) is 35.3 Å². The topological polar surface area (TPSA) is 108 Å². The highest BCUT2D eigenvalue weighted by atomic mass is 16.2. The van der Waals surface area contributed by atoms with E-state index in [0.29, 0.717) is 5.82 Å². The highest BCUT2D eigenvalue weighted by molar-refractivity contribution is 5.78. The Morgan fingerprint density at radius 3 is 2.69 bits per heavy atom. The van der Waals surface area contributed by atoms with Crippen molar-refractivity contribution in [2.75, 3.05) is 0 Å². The molecule has 0 saturated heterocycles. The van der Waals surface area contributed by atoms with E-state index in [9.17, 15) is 9.59 Å². The van der Waals surface area contributed by atoms with Crippen molar-refractivity contribution in [1.82, 2.24) is 30.3 Å². The molecule has 3 N–H and O–H groups in total. The molecule has 8 heteroatoms. The van der Waals surface area contributed by atoms with Gasteiger partial charge in [-0.05, 0) is 42.4 Å². The van der Waals surface area contributed by atoms with Gasteiger partial charge in [-0.3, -0.25) is 9.78 Å². The summed E-state index contributed by atoms with van der Waals surface area (Å²) < 4.78 is 1.98. The fraction of sp³-hybridized carbons (Fsp3) is 0.429. The Labute approximate surface area is 168 Å². The summed E-state index contributed by atoms with van der Waals surface area (Å²) >= 11 is 0. The standard InChI is InChI=1S/C21H26N6O2/c1-21(2,3)13-7-9-14(10-8-13)27-17-6-4-5-16(15(17)12-22-27)23-19(28)11-18-24-20(29)26-25-18/h7-10,12,16H,4-6,11H2,1-3H3,(H,23,28)(H2,24,25,26,29). The zero-order valence-electron chi connectivity index (χ0n) is 17.0. The number of rotatable bonds is 4. The Morgan fingerprint density at radius 1 is 1.28 bits per heavy atom. The molecule has 152 valence electrons. The average Bonchev–Trinajstić information content (AvgIpc) is 3.28. The number of H-pyrrole nitrogens is 2. The van der Waals surface area contributed by atoms with Crippen LogP contribution in [0, 0.1) is 0 Å². The molecule has 1 aliphatic carbocycles. The first-order valence-electron chi connectivity index (χ1n) is 9.92. The molecule has 0 bridgehead atoms. The normalized spacial score (nSPS) is 16.4. The van der Waals surface area contributed by atoms with Crippen molar-refractivity contribution in [3.8, 4) is 5.69 Å². The van der Waals surface area contributed by atoms with E-state index < -0.39 is 5.69 Å². The van der Waals surface area contributed by atoms with E-state index in [1.165, 1.54) is 5.56 Å². The Bertz CT molecular complexity index is 1070. The second-order valence-corrected chi connectivity index (χ2v) is 8.57. The number of carbonyl (C=O) groups is 1. The van der Waals surface area contributed by atoms with Crippen molar-refractivity contribution >= 4 is 5.91 Å². The van der Waals surface area contributed by atoms with Gasteiger partial charge in [0.15, 0.2) is 0 Å². The van der Waals surface area contributed by atoms with Crippen molar-refractivity contribution in [3.63, 3.8) is 0 Å². The molecule has 1 aliphatic rings. The molecule has 29 heavy (non-hydrogen) atoms. The smallest absolute Gasteiger partial charge is 0.340 e. The van der Waals surface area contributed by atoms with E-state index in [1.54, 1.807) is 0 Å². The van der Waals surface area contributed by atoms with E-state index in [1.807, 2.05) is 10.9 Å². The number of carbonyl (C=O) groups excluding carboxylic acids is 1. The third-order valence-electron chi connectivity index (χ3n) is 5.37. The molecule has 0 aliphatic heterocycles. The van der Waals surface area contributed by atoms with Crippen LogP contribution >= 0.6 is 0 Å². The van der Waals surface area contributed by atoms with Crippen molar-refractivity contribution < 1.29 is 4.79 Å². The molecule has 0 radical (unpaired) electrons. The van der Waals surface area contributed by atoms with E-state index in [4.69, 9.17) is 0 Å². The predicted molar refractivity (Wildman–Crippen MR) is 109 cm³/mol. The second kappa shape index (κ2) is 7.35. The number of hydrogen-bond donors (Lipinski definition) is 3. The monoisotopic (exact) mass is 394 g/mol. The molecule has 3 aromatic rings. The molecule has 8 nitrogen and oxygen atoms in total. The molecular weight excluding hydrogens is 368 g/mol. The first-order chi connectivity index (χ1) is 13.8. The Balaban J connectivity index is 1.53. The third-order valence-corrected chi connectivity index (χ3v) is 5.37. The second-order valence-electron chi connectivity index (χ2n) is 8.57. The zero-order valence-corrected chi connectivity index (χ0v) is 17.0. The van der Waals surface area contributed by atoms with E-state index >= 15 is 0 Å². The van der Waals surface area contributed by atoms with Crippen molar-refractivity contribution in [2.24, 2.45) is 0 Å². The van der Waals surface area contributed by atoms with Crippen LogP contribution in [0.25, 0.3) is 5.69 Å². The maximum atomic E-state index is 12.4. The average molecular weight is 394 g/mol. The first-order valence-corrected chi connectivity index (χ1v) is 9.92. The summed E-state index contributed by atoms with van der Waals surface area (Å²) in [5.41, 5.74) is 4.20. The lowest BCUT2D eigenvalue weighted by Crippen LogP contribution is -2.32. The van der Waals surface area contributed by atoms with Gasteiger partial charge in [0.2, 0.25) is 5.91 Å². The fourth-order valence-corrected chi connectivity index (χ4v) is 3.82. The number of nitrogens with one attached hydrogen (secondary N) is 3. The Hall–Kier alpha value is -3.16. The summed E-state index contributed by atoms with van der Waals surface area (Å²) in [6.07, 6.45) is 4.66. The van der Waals surface area contributed by atoms with Crippen LogP contribution in [0.1, 0.15) is 62.3 Å². The van der Waals surface area contributed by atoms with Crippen LogP contribution in [0.4, 0.5) is 0 Å².